The fraction of sp³-hybridized carbons (Fsp3) is 0.615. The molecule has 0 bridgehead atoms. The van der Waals surface area contributed by atoms with Crippen molar-refractivity contribution in [3.63, 3.8) is 0 Å². The van der Waals surface area contributed by atoms with Gasteiger partial charge in [-0.1, -0.05) is 26.7 Å². The molecular formula is C13H20N4. The van der Waals surface area contributed by atoms with E-state index in [1.165, 1.54) is 19.0 Å². The van der Waals surface area contributed by atoms with Crippen LogP contribution in [-0.2, 0) is 0 Å². The highest BCUT2D eigenvalue weighted by Crippen LogP contribution is 2.11. The van der Waals surface area contributed by atoms with E-state index in [0.29, 0.717) is 11.7 Å². The molecule has 1 atom stereocenters. The second-order valence-corrected chi connectivity index (χ2v) is 4.77. The molecule has 0 aromatic carbocycles. The van der Waals surface area contributed by atoms with Crippen LogP contribution in [0.1, 0.15) is 45.7 Å². The van der Waals surface area contributed by atoms with Crippen LogP contribution in [0.3, 0.4) is 0 Å². The van der Waals surface area contributed by atoms with E-state index < -0.39 is 0 Å². The zero-order chi connectivity index (χ0) is 12.7. The lowest BCUT2D eigenvalue weighted by molar-refractivity contribution is 0.520. The lowest BCUT2D eigenvalue weighted by Crippen LogP contribution is -2.16. The number of aromatic nitrogens is 2. The van der Waals surface area contributed by atoms with Crippen LogP contribution in [0.4, 0.5) is 5.82 Å². The Bertz CT molecular complexity index is 364. The summed E-state index contributed by atoms with van der Waals surface area (Å²) in [5.41, 5.74) is 0.350. The Hall–Kier alpha value is -1.63. The summed E-state index contributed by atoms with van der Waals surface area (Å²) in [7, 11) is 0. The minimum atomic E-state index is 0.350. The summed E-state index contributed by atoms with van der Waals surface area (Å²) in [6.07, 6.45) is 6.70. The fourth-order valence-corrected chi connectivity index (χ4v) is 1.62. The molecule has 1 heterocycles. The van der Waals surface area contributed by atoms with Crippen LogP contribution in [0.15, 0.2) is 12.4 Å². The first kappa shape index (κ1) is 13.4. The van der Waals surface area contributed by atoms with Gasteiger partial charge in [-0.3, -0.25) is 0 Å². The monoisotopic (exact) mass is 232 g/mol. The van der Waals surface area contributed by atoms with Gasteiger partial charge in [0.25, 0.3) is 0 Å². The Morgan fingerprint density at radius 3 is 2.53 bits per heavy atom. The Kier molecular flexibility index (Phi) is 5.41. The van der Waals surface area contributed by atoms with Crippen molar-refractivity contribution >= 4 is 5.82 Å². The predicted octanol–water partition coefficient (Wildman–Crippen LogP) is 2.97. The predicted molar refractivity (Wildman–Crippen MR) is 68.5 cm³/mol. The highest BCUT2D eigenvalue weighted by atomic mass is 15.0. The standard InChI is InChI=1S/C13H20N4/c1-10(2)5-4-6-11(3)17-13-9-15-12(7-14)8-16-13/h8-11H,4-6H2,1-3H3,(H,16,17). The first-order chi connectivity index (χ1) is 8.11. The van der Waals surface area contributed by atoms with Crippen molar-refractivity contribution in [1.82, 2.24) is 9.97 Å². The lowest BCUT2D eigenvalue weighted by atomic mass is 10.0. The molecule has 92 valence electrons. The molecule has 0 fully saturated rings. The topological polar surface area (TPSA) is 61.6 Å². The van der Waals surface area contributed by atoms with Gasteiger partial charge in [-0.2, -0.15) is 5.26 Å². The molecule has 0 radical (unpaired) electrons. The quantitative estimate of drug-likeness (QED) is 0.819. The molecule has 0 saturated carbocycles. The van der Waals surface area contributed by atoms with Gasteiger partial charge in [-0.25, -0.2) is 9.97 Å². The van der Waals surface area contributed by atoms with E-state index in [2.05, 4.69) is 36.1 Å². The third-order valence-electron chi connectivity index (χ3n) is 2.58. The second kappa shape index (κ2) is 6.85. The van der Waals surface area contributed by atoms with Crippen LogP contribution in [0.2, 0.25) is 0 Å². The number of nitrogens with zero attached hydrogens (tertiary/aromatic N) is 3. The molecule has 1 N–H and O–H groups in total. The van der Waals surface area contributed by atoms with Gasteiger partial charge in [0.15, 0.2) is 5.69 Å². The molecule has 1 unspecified atom stereocenters. The van der Waals surface area contributed by atoms with Crippen LogP contribution >= 0.6 is 0 Å². The van der Waals surface area contributed by atoms with E-state index >= 15 is 0 Å². The van der Waals surface area contributed by atoms with Gasteiger partial charge in [-0.05, 0) is 19.3 Å². The van der Waals surface area contributed by atoms with Gasteiger partial charge >= 0.3 is 0 Å². The molecule has 0 spiro atoms. The van der Waals surface area contributed by atoms with Crippen molar-refractivity contribution in [3.05, 3.63) is 18.1 Å². The average molecular weight is 232 g/mol. The molecule has 0 amide bonds. The first-order valence-corrected chi connectivity index (χ1v) is 6.10. The number of rotatable bonds is 6. The smallest absolute Gasteiger partial charge is 0.158 e. The molecule has 0 saturated heterocycles. The average Bonchev–Trinajstić information content (AvgIpc) is 2.29. The van der Waals surface area contributed by atoms with Crippen molar-refractivity contribution in [2.45, 2.75) is 46.1 Å². The number of anilines is 1. The van der Waals surface area contributed by atoms with Crippen molar-refractivity contribution in [2.24, 2.45) is 5.92 Å². The minimum Gasteiger partial charge on any atom is -0.366 e. The van der Waals surface area contributed by atoms with E-state index in [1.54, 1.807) is 6.20 Å². The molecular weight excluding hydrogens is 212 g/mol. The van der Waals surface area contributed by atoms with Gasteiger partial charge in [0.2, 0.25) is 0 Å². The number of hydrogen-bond donors (Lipinski definition) is 1. The van der Waals surface area contributed by atoms with Crippen LogP contribution in [0.5, 0.6) is 0 Å². The molecule has 4 heteroatoms. The second-order valence-electron chi connectivity index (χ2n) is 4.77. The van der Waals surface area contributed by atoms with Crippen molar-refractivity contribution in [3.8, 4) is 6.07 Å². The SMILES string of the molecule is CC(C)CCCC(C)Nc1cnc(C#N)cn1. The Morgan fingerprint density at radius 1 is 1.24 bits per heavy atom. The van der Waals surface area contributed by atoms with E-state index in [0.717, 1.165) is 18.2 Å². The Morgan fingerprint density at radius 2 is 2.00 bits per heavy atom. The summed E-state index contributed by atoms with van der Waals surface area (Å²) in [6, 6.07) is 2.34. The van der Waals surface area contributed by atoms with E-state index in [1.807, 2.05) is 6.07 Å². The van der Waals surface area contributed by atoms with E-state index in [9.17, 15) is 0 Å². The Balaban J connectivity index is 2.34. The third-order valence-corrected chi connectivity index (χ3v) is 2.58. The molecule has 0 aliphatic rings. The van der Waals surface area contributed by atoms with Gasteiger partial charge in [0.05, 0.1) is 12.4 Å². The van der Waals surface area contributed by atoms with Crippen LogP contribution in [-0.4, -0.2) is 16.0 Å². The zero-order valence-electron chi connectivity index (χ0n) is 10.8. The Labute approximate surface area is 103 Å². The normalized spacial score (nSPS) is 12.2. The van der Waals surface area contributed by atoms with Gasteiger partial charge in [0.1, 0.15) is 11.9 Å². The van der Waals surface area contributed by atoms with Crippen LogP contribution in [0.25, 0.3) is 0 Å². The highest BCUT2D eigenvalue weighted by molar-refractivity contribution is 5.33. The molecule has 17 heavy (non-hydrogen) atoms. The summed E-state index contributed by atoms with van der Waals surface area (Å²) >= 11 is 0. The summed E-state index contributed by atoms with van der Waals surface area (Å²) in [4.78, 5) is 8.11. The maximum Gasteiger partial charge on any atom is 0.158 e. The molecule has 4 nitrogen and oxygen atoms in total. The first-order valence-electron chi connectivity index (χ1n) is 6.10. The lowest BCUT2D eigenvalue weighted by Gasteiger charge is -2.14. The maximum absolute atomic E-state index is 8.61. The molecule has 0 aliphatic heterocycles. The van der Waals surface area contributed by atoms with Crippen molar-refractivity contribution in [2.75, 3.05) is 5.32 Å². The number of nitrogens with one attached hydrogen (secondary N) is 1. The highest BCUT2D eigenvalue weighted by Gasteiger charge is 2.04. The van der Waals surface area contributed by atoms with Gasteiger partial charge < -0.3 is 5.32 Å². The van der Waals surface area contributed by atoms with Crippen LogP contribution in [0, 0.1) is 17.2 Å². The van der Waals surface area contributed by atoms with E-state index in [4.69, 9.17) is 5.26 Å². The summed E-state index contributed by atoms with van der Waals surface area (Å²) in [6.45, 7) is 6.62. The number of hydrogen-bond acceptors (Lipinski definition) is 4. The van der Waals surface area contributed by atoms with Crippen molar-refractivity contribution < 1.29 is 0 Å². The van der Waals surface area contributed by atoms with Crippen molar-refractivity contribution in [1.29, 1.82) is 5.26 Å². The van der Waals surface area contributed by atoms with Gasteiger partial charge in [0, 0.05) is 6.04 Å². The van der Waals surface area contributed by atoms with Crippen LogP contribution < -0.4 is 5.32 Å². The molecule has 0 aliphatic carbocycles. The number of nitriles is 1. The van der Waals surface area contributed by atoms with Gasteiger partial charge in [-0.15, -0.1) is 0 Å². The fourth-order valence-electron chi connectivity index (χ4n) is 1.62. The largest absolute Gasteiger partial charge is 0.366 e. The molecule has 1 aromatic heterocycles. The summed E-state index contributed by atoms with van der Waals surface area (Å²) < 4.78 is 0. The zero-order valence-corrected chi connectivity index (χ0v) is 10.8. The minimum absolute atomic E-state index is 0.350. The summed E-state index contributed by atoms with van der Waals surface area (Å²) in [5, 5.41) is 11.9. The molecule has 1 rings (SSSR count). The summed E-state index contributed by atoms with van der Waals surface area (Å²) in [5.74, 6) is 1.50. The third kappa shape index (κ3) is 5.30. The molecule has 1 aromatic rings. The maximum atomic E-state index is 8.61. The van der Waals surface area contributed by atoms with E-state index in [-0.39, 0.29) is 0 Å².